The van der Waals surface area contributed by atoms with E-state index in [9.17, 15) is 4.79 Å². The SMILES string of the molecule is CC(C)(C(=O)O)n1cc(-c2cccc(Br)c2)cn1. The molecular formula is C13H13BrN2O2. The Kier molecular flexibility index (Phi) is 3.26. The average molecular weight is 309 g/mol. The number of nitrogens with zero attached hydrogens (tertiary/aromatic N) is 2. The number of benzene rings is 1. The summed E-state index contributed by atoms with van der Waals surface area (Å²) in [5.74, 6) is -0.911. The van der Waals surface area contributed by atoms with Gasteiger partial charge in [0.05, 0.1) is 6.20 Å². The maximum absolute atomic E-state index is 11.2. The molecule has 18 heavy (non-hydrogen) atoms. The first-order valence-corrected chi connectivity index (χ1v) is 6.25. The van der Waals surface area contributed by atoms with Gasteiger partial charge < -0.3 is 5.11 Å². The Morgan fingerprint density at radius 3 is 2.72 bits per heavy atom. The van der Waals surface area contributed by atoms with E-state index in [1.165, 1.54) is 4.68 Å². The van der Waals surface area contributed by atoms with Crippen LogP contribution in [0.25, 0.3) is 11.1 Å². The zero-order valence-corrected chi connectivity index (χ0v) is 11.7. The normalized spacial score (nSPS) is 11.5. The molecule has 4 nitrogen and oxygen atoms in total. The lowest BCUT2D eigenvalue weighted by molar-refractivity contribution is -0.146. The maximum Gasteiger partial charge on any atom is 0.331 e. The third-order valence-corrected chi connectivity index (χ3v) is 3.33. The molecule has 2 aromatic rings. The van der Waals surface area contributed by atoms with Crippen LogP contribution < -0.4 is 0 Å². The van der Waals surface area contributed by atoms with Gasteiger partial charge in [-0.25, -0.2) is 4.79 Å². The number of rotatable bonds is 3. The minimum absolute atomic E-state index is 0.894. The van der Waals surface area contributed by atoms with Gasteiger partial charge in [0.1, 0.15) is 0 Å². The fourth-order valence-electron chi connectivity index (χ4n) is 1.54. The smallest absolute Gasteiger partial charge is 0.331 e. The highest BCUT2D eigenvalue weighted by atomic mass is 79.9. The first-order chi connectivity index (χ1) is 8.41. The van der Waals surface area contributed by atoms with E-state index in [0.717, 1.165) is 15.6 Å². The van der Waals surface area contributed by atoms with Crippen molar-refractivity contribution in [2.24, 2.45) is 0 Å². The predicted molar refractivity (Wildman–Crippen MR) is 72.3 cm³/mol. The molecule has 0 aliphatic rings. The summed E-state index contributed by atoms with van der Waals surface area (Å²) in [7, 11) is 0. The minimum atomic E-state index is -1.05. The summed E-state index contributed by atoms with van der Waals surface area (Å²) in [4.78, 5) is 11.2. The van der Waals surface area contributed by atoms with Gasteiger partial charge in [0, 0.05) is 16.2 Å². The molecule has 1 aromatic heterocycles. The molecule has 0 aliphatic heterocycles. The summed E-state index contributed by atoms with van der Waals surface area (Å²) >= 11 is 3.41. The van der Waals surface area contributed by atoms with Crippen molar-refractivity contribution in [2.75, 3.05) is 0 Å². The second kappa shape index (κ2) is 4.57. The van der Waals surface area contributed by atoms with Gasteiger partial charge in [-0.2, -0.15) is 5.10 Å². The average Bonchev–Trinajstić information content (AvgIpc) is 2.78. The molecule has 0 spiro atoms. The molecular weight excluding hydrogens is 296 g/mol. The highest BCUT2D eigenvalue weighted by Crippen LogP contribution is 2.24. The van der Waals surface area contributed by atoms with Crippen LogP contribution in [-0.4, -0.2) is 20.9 Å². The van der Waals surface area contributed by atoms with Gasteiger partial charge in [0.15, 0.2) is 5.54 Å². The molecule has 0 amide bonds. The van der Waals surface area contributed by atoms with E-state index in [2.05, 4.69) is 21.0 Å². The molecule has 0 fully saturated rings. The van der Waals surface area contributed by atoms with Crippen molar-refractivity contribution < 1.29 is 9.90 Å². The van der Waals surface area contributed by atoms with Crippen LogP contribution in [0, 0.1) is 0 Å². The molecule has 0 aliphatic carbocycles. The van der Waals surface area contributed by atoms with Crippen LogP contribution in [0.4, 0.5) is 0 Å². The second-order valence-corrected chi connectivity index (χ2v) is 5.46. The fourth-order valence-corrected chi connectivity index (χ4v) is 1.94. The lowest BCUT2D eigenvalue weighted by Gasteiger charge is -2.19. The van der Waals surface area contributed by atoms with Crippen LogP contribution in [-0.2, 0) is 10.3 Å². The number of carboxylic acid groups (broad SMARTS) is 1. The summed E-state index contributed by atoms with van der Waals surface area (Å²) < 4.78 is 2.44. The number of hydrogen-bond donors (Lipinski definition) is 1. The molecule has 1 N–H and O–H groups in total. The van der Waals surface area contributed by atoms with Crippen LogP contribution >= 0.6 is 15.9 Å². The number of carbonyl (C=O) groups is 1. The standard InChI is InChI=1S/C13H13BrN2O2/c1-13(2,12(17)18)16-8-10(7-15-16)9-4-3-5-11(14)6-9/h3-8H,1-2H3,(H,17,18). The summed E-state index contributed by atoms with van der Waals surface area (Å²) in [6.07, 6.45) is 3.42. The van der Waals surface area contributed by atoms with Crippen LogP contribution in [0.1, 0.15) is 13.8 Å². The molecule has 1 heterocycles. The Labute approximate surface area is 113 Å². The van der Waals surface area contributed by atoms with Crippen molar-refractivity contribution in [1.29, 1.82) is 0 Å². The summed E-state index contributed by atoms with van der Waals surface area (Å²) in [6, 6.07) is 7.79. The van der Waals surface area contributed by atoms with E-state index in [4.69, 9.17) is 5.11 Å². The number of aliphatic carboxylic acids is 1. The topological polar surface area (TPSA) is 55.1 Å². The molecule has 0 saturated carbocycles. The summed E-state index contributed by atoms with van der Waals surface area (Å²) in [5.41, 5.74) is 0.840. The van der Waals surface area contributed by atoms with Gasteiger partial charge in [-0.3, -0.25) is 4.68 Å². The zero-order valence-electron chi connectivity index (χ0n) is 10.1. The maximum atomic E-state index is 11.2. The van der Waals surface area contributed by atoms with Crippen molar-refractivity contribution in [3.05, 3.63) is 41.1 Å². The molecule has 0 radical (unpaired) electrons. The van der Waals surface area contributed by atoms with Crippen LogP contribution in [0.5, 0.6) is 0 Å². The summed E-state index contributed by atoms with van der Waals surface area (Å²) in [6.45, 7) is 3.24. The highest BCUT2D eigenvalue weighted by Gasteiger charge is 2.30. The Morgan fingerprint density at radius 1 is 1.39 bits per heavy atom. The van der Waals surface area contributed by atoms with Gasteiger partial charge in [-0.15, -0.1) is 0 Å². The molecule has 5 heteroatoms. The predicted octanol–water partition coefficient (Wildman–Crippen LogP) is 3.13. The van der Waals surface area contributed by atoms with Crippen molar-refractivity contribution >= 4 is 21.9 Å². The third kappa shape index (κ3) is 2.31. The van der Waals surface area contributed by atoms with E-state index in [1.54, 1.807) is 26.2 Å². The van der Waals surface area contributed by atoms with Crippen LogP contribution in [0.15, 0.2) is 41.1 Å². The van der Waals surface area contributed by atoms with E-state index in [0.29, 0.717) is 0 Å². The van der Waals surface area contributed by atoms with Crippen molar-refractivity contribution in [3.63, 3.8) is 0 Å². The first kappa shape index (κ1) is 12.8. The van der Waals surface area contributed by atoms with Gasteiger partial charge in [0.25, 0.3) is 0 Å². The first-order valence-electron chi connectivity index (χ1n) is 5.46. The Morgan fingerprint density at radius 2 is 2.11 bits per heavy atom. The molecule has 0 atom stereocenters. The second-order valence-electron chi connectivity index (χ2n) is 4.55. The molecule has 94 valence electrons. The number of hydrogen-bond acceptors (Lipinski definition) is 2. The molecule has 2 rings (SSSR count). The highest BCUT2D eigenvalue weighted by molar-refractivity contribution is 9.10. The Balaban J connectivity index is 2.40. The van der Waals surface area contributed by atoms with Gasteiger partial charge in [-0.05, 0) is 31.5 Å². The van der Waals surface area contributed by atoms with Crippen LogP contribution in [0.2, 0.25) is 0 Å². The summed E-state index contributed by atoms with van der Waals surface area (Å²) in [5, 5.41) is 13.3. The number of aromatic nitrogens is 2. The quantitative estimate of drug-likeness (QED) is 0.947. The number of halogens is 1. The molecule has 1 aromatic carbocycles. The van der Waals surface area contributed by atoms with Gasteiger partial charge in [-0.1, -0.05) is 28.1 Å². The largest absolute Gasteiger partial charge is 0.479 e. The molecule has 0 unspecified atom stereocenters. The zero-order chi connectivity index (χ0) is 13.3. The van der Waals surface area contributed by atoms with Crippen molar-refractivity contribution in [3.8, 4) is 11.1 Å². The lowest BCUT2D eigenvalue weighted by Crippen LogP contribution is -2.35. The van der Waals surface area contributed by atoms with Gasteiger partial charge >= 0.3 is 5.97 Å². The van der Waals surface area contributed by atoms with E-state index >= 15 is 0 Å². The lowest BCUT2D eigenvalue weighted by atomic mass is 10.1. The van der Waals surface area contributed by atoms with Crippen LogP contribution in [0.3, 0.4) is 0 Å². The van der Waals surface area contributed by atoms with Crippen molar-refractivity contribution in [2.45, 2.75) is 19.4 Å². The Hall–Kier alpha value is -1.62. The number of carboxylic acids is 1. The van der Waals surface area contributed by atoms with E-state index in [-0.39, 0.29) is 0 Å². The Bertz CT molecular complexity index is 590. The third-order valence-electron chi connectivity index (χ3n) is 2.84. The monoisotopic (exact) mass is 308 g/mol. The minimum Gasteiger partial charge on any atom is -0.479 e. The van der Waals surface area contributed by atoms with E-state index in [1.807, 2.05) is 24.3 Å². The fraction of sp³-hybridized carbons (Fsp3) is 0.231. The molecule has 0 bridgehead atoms. The van der Waals surface area contributed by atoms with E-state index < -0.39 is 11.5 Å². The van der Waals surface area contributed by atoms with Gasteiger partial charge in [0.2, 0.25) is 0 Å². The van der Waals surface area contributed by atoms with Crippen molar-refractivity contribution in [1.82, 2.24) is 9.78 Å². The molecule has 0 saturated heterocycles.